The van der Waals surface area contributed by atoms with Crippen LogP contribution in [0.25, 0.3) is 10.1 Å². The van der Waals surface area contributed by atoms with Crippen LogP contribution in [0.5, 0.6) is 0 Å². The smallest absolute Gasteiger partial charge is 0.263 e. The summed E-state index contributed by atoms with van der Waals surface area (Å²) in [6.45, 7) is 2.18. The summed E-state index contributed by atoms with van der Waals surface area (Å²) in [5.41, 5.74) is 1.41. The van der Waals surface area contributed by atoms with E-state index in [0.29, 0.717) is 33.3 Å². The quantitative estimate of drug-likeness (QED) is 0.622. The van der Waals surface area contributed by atoms with Gasteiger partial charge >= 0.3 is 0 Å². The molecule has 4 rings (SSSR count). The summed E-state index contributed by atoms with van der Waals surface area (Å²) in [5.74, 6) is 0.606. The molecule has 2 aliphatic rings. The number of hydrogen-bond donors (Lipinski definition) is 1. The van der Waals surface area contributed by atoms with E-state index in [4.69, 9.17) is 23.8 Å². The Hall–Kier alpha value is -1.54. The van der Waals surface area contributed by atoms with E-state index in [0.717, 1.165) is 40.8 Å². The molecule has 1 N–H and O–H groups in total. The zero-order chi connectivity index (χ0) is 20.8. The minimum atomic E-state index is -3.86. The molecule has 1 aromatic carbocycles. The molecule has 1 heterocycles. The monoisotopic (exact) mass is 465 g/mol. The van der Waals surface area contributed by atoms with Crippen molar-refractivity contribution in [3.05, 3.63) is 61.0 Å². The Morgan fingerprint density at radius 3 is 2.90 bits per heavy atom. The molecule has 1 atom stereocenters. The van der Waals surface area contributed by atoms with Crippen molar-refractivity contribution in [3.8, 4) is 0 Å². The number of allylic oxidation sites excluding steroid dienone is 4. The van der Waals surface area contributed by atoms with Crippen LogP contribution < -0.4 is 10.2 Å². The van der Waals surface area contributed by atoms with Crippen LogP contribution in [0.1, 0.15) is 36.6 Å². The summed E-state index contributed by atoms with van der Waals surface area (Å²) in [6.07, 6.45) is 7.28. The highest BCUT2D eigenvalue weighted by molar-refractivity contribution is 7.99. The lowest BCUT2D eigenvalue weighted by Gasteiger charge is -2.22. The molecule has 0 spiro atoms. The van der Waals surface area contributed by atoms with Gasteiger partial charge in [0, 0.05) is 36.8 Å². The third-order valence-electron chi connectivity index (χ3n) is 5.49. The first-order chi connectivity index (χ1) is 13.8. The fourth-order valence-electron chi connectivity index (χ4n) is 3.81. The number of fused-ring (bicyclic) bond motifs is 2. The van der Waals surface area contributed by atoms with Gasteiger partial charge in [0.15, 0.2) is 5.43 Å². The first kappa shape index (κ1) is 20.7. The Morgan fingerprint density at radius 2 is 2.14 bits per heavy atom. The Balaban J connectivity index is 1.72. The summed E-state index contributed by atoms with van der Waals surface area (Å²) in [4.78, 5) is 14.4. The summed E-state index contributed by atoms with van der Waals surface area (Å²) in [5, 5.41) is 0.998. The molecule has 0 radical (unpaired) electrons. The van der Waals surface area contributed by atoms with Gasteiger partial charge in [0.25, 0.3) is 10.0 Å². The zero-order valence-corrected chi connectivity index (χ0v) is 19.0. The van der Waals surface area contributed by atoms with Gasteiger partial charge in [0.05, 0.1) is 5.69 Å². The molecule has 2 aliphatic carbocycles. The highest BCUT2D eigenvalue weighted by Gasteiger charge is 2.25. The van der Waals surface area contributed by atoms with E-state index in [-0.39, 0.29) is 10.3 Å². The molecule has 0 bridgehead atoms. The van der Waals surface area contributed by atoms with Crippen LogP contribution in [0.15, 0.2) is 45.1 Å². The van der Waals surface area contributed by atoms with E-state index in [1.807, 2.05) is 0 Å². The van der Waals surface area contributed by atoms with Crippen molar-refractivity contribution in [1.29, 1.82) is 0 Å². The Kier molecular flexibility index (Phi) is 5.68. The average Bonchev–Trinajstić information content (AvgIpc) is 2.69. The number of thiocarbonyl (C=S) groups is 1. The second kappa shape index (κ2) is 7.95. The van der Waals surface area contributed by atoms with Crippen LogP contribution >= 0.6 is 35.2 Å². The van der Waals surface area contributed by atoms with Gasteiger partial charge in [-0.2, -0.15) is 0 Å². The third kappa shape index (κ3) is 4.06. The second-order valence-corrected chi connectivity index (χ2v) is 11.1. The minimum Gasteiger partial charge on any atom is -0.289 e. The standard InChI is InChI=1S/C21H20ClNO3S3/c1-2-12-3-6-15-18(9-12)28-19-11-14(5-7-16(19)21(15)24)23-29(25,26)20-10-13(22)4-8-17(20)27/h4-5,7,10-12,23H,2-3,6,8-9H2,1H3. The van der Waals surface area contributed by atoms with Crippen molar-refractivity contribution >= 4 is 65.8 Å². The van der Waals surface area contributed by atoms with Gasteiger partial charge in [0.2, 0.25) is 0 Å². The molecule has 0 saturated carbocycles. The molecule has 4 nitrogen and oxygen atoms in total. The van der Waals surface area contributed by atoms with Crippen molar-refractivity contribution in [2.24, 2.45) is 5.92 Å². The number of benzene rings is 1. The maximum absolute atomic E-state index is 12.9. The Bertz CT molecular complexity index is 1240. The number of nitrogens with one attached hydrogen (secondary N) is 1. The van der Waals surface area contributed by atoms with Gasteiger partial charge < -0.3 is 0 Å². The Labute approximate surface area is 184 Å². The van der Waals surface area contributed by atoms with Gasteiger partial charge in [-0.15, -0.1) is 11.3 Å². The lowest BCUT2D eigenvalue weighted by molar-refractivity contribution is 0.448. The molecule has 0 saturated heterocycles. The van der Waals surface area contributed by atoms with Crippen LogP contribution in [0, 0.1) is 5.92 Å². The predicted octanol–water partition coefficient (Wildman–Crippen LogP) is 5.30. The topological polar surface area (TPSA) is 63.2 Å². The molecular formula is C21H20ClNO3S3. The van der Waals surface area contributed by atoms with E-state index in [2.05, 4.69) is 11.6 Å². The zero-order valence-electron chi connectivity index (χ0n) is 15.8. The number of anilines is 1. The van der Waals surface area contributed by atoms with Crippen LogP contribution in [0.4, 0.5) is 5.69 Å². The van der Waals surface area contributed by atoms with E-state index < -0.39 is 10.0 Å². The minimum absolute atomic E-state index is 0.0181. The SMILES string of the molecule is CCC1CCc2c(sc3cc(NS(=O)(=O)C4=CC(Cl)=CCC4=S)ccc3c2=O)C1. The molecule has 29 heavy (non-hydrogen) atoms. The third-order valence-corrected chi connectivity index (χ3v) is 8.94. The van der Waals surface area contributed by atoms with Gasteiger partial charge in [-0.05, 0) is 49.5 Å². The van der Waals surface area contributed by atoms with Crippen LogP contribution in [0.2, 0.25) is 0 Å². The molecule has 8 heteroatoms. The molecule has 0 fully saturated rings. The van der Waals surface area contributed by atoms with Crippen LogP contribution in [-0.4, -0.2) is 13.3 Å². The highest BCUT2D eigenvalue weighted by atomic mass is 35.5. The predicted molar refractivity (Wildman–Crippen MR) is 126 cm³/mol. The van der Waals surface area contributed by atoms with Gasteiger partial charge in [-0.3, -0.25) is 9.52 Å². The molecule has 1 unspecified atom stereocenters. The molecule has 2 aromatic rings. The van der Waals surface area contributed by atoms with Crippen molar-refractivity contribution in [1.82, 2.24) is 0 Å². The normalized spacial score (nSPS) is 19.5. The fourth-order valence-corrected chi connectivity index (χ4v) is 7.11. The number of rotatable bonds is 4. The van der Waals surface area contributed by atoms with Gasteiger partial charge in [-0.25, -0.2) is 8.42 Å². The van der Waals surface area contributed by atoms with Crippen LogP contribution in [-0.2, 0) is 22.9 Å². The van der Waals surface area contributed by atoms with Crippen molar-refractivity contribution in [3.63, 3.8) is 0 Å². The summed E-state index contributed by atoms with van der Waals surface area (Å²) in [6, 6.07) is 5.07. The first-order valence-electron chi connectivity index (χ1n) is 9.50. The second-order valence-electron chi connectivity index (χ2n) is 7.39. The number of halogens is 1. The lowest BCUT2D eigenvalue weighted by Crippen LogP contribution is -2.22. The largest absolute Gasteiger partial charge is 0.289 e. The summed E-state index contributed by atoms with van der Waals surface area (Å²) in [7, 11) is -3.86. The Morgan fingerprint density at radius 1 is 1.34 bits per heavy atom. The first-order valence-corrected chi connectivity index (χ1v) is 12.6. The number of sulfonamides is 1. The van der Waals surface area contributed by atoms with E-state index in [1.165, 1.54) is 6.08 Å². The summed E-state index contributed by atoms with van der Waals surface area (Å²) >= 11 is 12.8. The molecule has 0 amide bonds. The van der Waals surface area contributed by atoms with Gasteiger partial charge in [-0.1, -0.05) is 43.2 Å². The maximum Gasteiger partial charge on any atom is 0.263 e. The van der Waals surface area contributed by atoms with Crippen molar-refractivity contribution in [2.75, 3.05) is 4.72 Å². The van der Waals surface area contributed by atoms with Crippen LogP contribution in [0.3, 0.4) is 0 Å². The molecular weight excluding hydrogens is 446 g/mol. The molecule has 152 valence electrons. The van der Waals surface area contributed by atoms with Gasteiger partial charge in [0.1, 0.15) is 4.91 Å². The number of hydrogen-bond acceptors (Lipinski definition) is 5. The van der Waals surface area contributed by atoms with E-state index in [9.17, 15) is 13.2 Å². The molecule has 1 aromatic heterocycles. The van der Waals surface area contributed by atoms with Crippen molar-refractivity contribution < 1.29 is 8.42 Å². The average molecular weight is 466 g/mol. The summed E-state index contributed by atoms with van der Waals surface area (Å²) < 4.78 is 29.0. The van der Waals surface area contributed by atoms with Crippen molar-refractivity contribution in [2.45, 2.75) is 39.0 Å². The fraction of sp³-hybridized carbons (Fsp3) is 0.333. The lowest BCUT2D eigenvalue weighted by atomic mass is 9.87. The molecule has 0 aliphatic heterocycles. The maximum atomic E-state index is 12.9. The van der Waals surface area contributed by atoms with E-state index in [1.54, 1.807) is 35.6 Å². The van der Waals surface area contributed by atoms with E-state index >= 15 is 0 Å². The highest BCUT2D eigenvalue weighted by Crippen LogP contribution is 2.33.